The van der Waals surface area contributed by atoms with E-state index in [1.54, 1.807) is 22.5 Å². The maximum Gasteiger partial charge on any atom is 0.243 e. The fourth-order valence-electron chi connectivity index (χ4n) is 3.94. The molecule has 0 atom stereocenters. The number of carbonyl (C=O) groups excluding carboxylic acids is 2. The summed E-state index contributed by atoms with van der Waals surface area (Å²) in [5.41, 5.74) is 1.44. The van der Waals surface area contributed by atoms with Crippen molar-refractivity contribution in [2.24, 2.45) is 5.92 Å². The lowest BCUT2D eigenvalue weighted by Crippen LogP contribution is -2.42. The molecule has 1 N–H and O–H groups in total. The van der Waals surface area contributed by atoms with E-state index in [0.717, 1.165) is 18.4 Å². The van der Waals surface area contributed by atoms with Gasteiger partial charge in [0.05, 0.1) is 4.90 Å². The lowest BCUT2D eigenvalue weighted by molar-refractivity contribution is -0.124. The van der Waals surface area contributed by atoms with Crippen LogP contribution in [0.4, 0.5) is 5.69 Å². The van der Waals surface area contributed by atoms with Crippen LogP contribution in [0.25, 0.3) is 0 Å². The highest BCUT2D eigenvalue weighted by molar-refractivity contribution is 7.89. The average molecular weight is 422 g/mol. The Morgan fingerprint density at radius 1 is 1.21 bits per heavy atom. The van der Waals surface area contributed by atoms with E-state index in [1.807, 2.05) is 13.8 Å². The first-order valence-corrected chi connectivity index (χ1v) is 11.9. The molecule has 3 rings (SSSR count). The van der Waals surface area contributed by atoms with Crippen molar-refractivity contribution < 1.29 is 18.0 Å². The van der Waals surface area contributed by atoms with E-state index in [-0.39, 0.29) is 29.3 Å². The summed E-state index contributed by atoms with van der Waals surface area (Å²) >= 11 is 0. The van der Waals surface area contributed by atoms with Gasteiger partial charge in [-0.1, -0.05) is 6.92 Å². The molecule has 0 radical (unpaired) electrons. The van der Waals surface area contributed by atoms with Crippen LogP contribution in [0.5, 0.6) is 0 Å². The van der Waals surface area contributed by atoms with Gasteiger partial charge in [-0.3, -0.25) is 9.59 Å². The molecule has 0 aromatic heterocycles. The molecule has 0 spiro atoms. The summed E-state index contributed by atoms with van der Waals surface area (Å²) < 4.78 is 27.7. The number of nitrogens with one attached hydrogen (secondary N) is 1. The van der Waals surface area contributed by atoms with Crippen molar-refractivity contribution in [3.8, 4) is 0 Å². The molecule has 7 nitrogen and oxygen atoms in total. The van der Waals surface area contributed by atoms with Crippen LogP contribution < -0.4 is 10.2 Å². The van der Waals surface area contributed by atoms with Crippen molar-refractivity contribution in [3.63, 3.8) is 0 Å². The van der Waals surface area contributed by atoms with Crippen LogP contribution in [0.2, 0.25) is 0 Å². The second-order valence-electron chi connectivity index (χ2n) is 8.43. The quantitative estimate of drug-likeness (QED) is 0.790. The minimum atomic E-state index is -3.55. The molecule has 0 aliphatic carbocycles. The van der Waals surface area contributed by atoms with E-state index >= 15 is 0 Å². The van der Waals surface area contributed by atoms with Crippen molar-refractivity contribution in [1.82, 2.24) is 9.62 Å². The molecule has 160 valence electrons. The van der Waals surface area contributed by atoms with Crippen molar-refractivity contribution in [2.75, 3.05) is 24.5 Å². The molecule has 29 heavy (non-hydrogen) atoms. The lowest BCUT2D eigenvalue weighted by Gasteiger charge is -2.30. The molecule has 2 amide bonds. The highest BCUT2D eigenvalue weighted by atomic mass is 32.2. The van der Waals surface area contributed by atoms with Crippen LogP contribution in [0.15, 0.2) is 23.1 Å². The summed E-state index contributed by atoms with van der Waals surface area (Å²) in [5, 5.41) is 2.81. The highest BCUT2D eigenvalue weighted by Crippen LogP contribution is 2.31. The van der Waals surface area contributed by atoms with Crippen molar-refractivity contribution in [3.05, 3.63) is 23.8 Å². The second-order valence-corrected chi connectivity index (χ2v) is 10.4. The zero-order valence-corrected chi connectivity index (χ0v) is 18.3. The summed E-state index contributed by atoms with van der Waals surface area (Å²) in [4.78, 5) is 26.6. The summed E-state index contributed by atoms with van der Waals surface area (Å²) in [5.74, 6) is 0.216. The van der Waals surface area contributed by atoms with Crippen molar-refractivity contribution in [1.29, 1.82) is 0 Å². The second kappa shape index (κ2) is 8.83. The van der Waals surface area contributed by atoms with Crippen molar-refractivity contribution in [2.45, 2.75) is 63.8 Å². The topological polar surface area (TPSA) is 86.8 Å². The van der Waals surface area contributed by atoms with Gasteiger partial charge in [0.25, 0.3) is 0 Å². The molecule has 0 unspecified atom stereocenters. The fourth-order valence-corrected chi connectivity index (χ4v) is 5.47. The first kappa shape index (κ1) is 21.8. The Hall–Kier alpha value is -1.93. The maximum absolute atomic E-state index is 13.1. The molecule has 1 aromatic carbocycles. The van der Waals surface area contributed by atoms with E-state index in [4.69, 9.17) is 0 Å². The summed E-state index contributed by atoms with van der Waals surface area (Å²) in [6.45, 7) is 6.91. The van der Waals surface area contributed by atoms with Gasteiger partial charge in [-0.05, 0) is 69.2 Å². The average Bonchev–Trinajstić information content (AvgIpc) is 2.80. The van der Waals surface area contributed by atoms with Gasteiger partial charge < -0.3 is 10.2 Å². The molecule has 1 aromatic rings. The molecule has 2 aliphatic rings. The van der Waals surface area contributed by atoms with Gasteiger partial charge in [-0.25, -0.2) is 8.42 Å². The van der Waals surface area contributed by atoms with Crippen molar-refractivity contribution >= 4 is 27.5 Å². The third kappa shape index (κ3) is 4.98. The fraction of sp³-hybridized carbons (Fsp3) is 0.619. The number of sulfonamides is 1. The standard InChI is InChI=1S/C21H31N3O4S/c1-15(2)22-20(25)14-24-19-8-7-18(13-17(19)5-4-6-21(24)26)29(27,28)23-11-9-16(3)10-12-23/h7-8,13,15-16H,4-6,9-12,14H2,1-3H3,(H,22,25). The largest absolute Gasteiger partial charge is 0.352 e. The van der Waals surface area contributed by atoms with Gasteiger partial charge in [0.1, 0.15) is 6.54 Å². The van der Waals surface area contributed by atoms with E-state index in [0.29, 0.717) is 44.0 Å². The molecule has 2 heterocycles. The lowest BCUT2D eigenvalue weighted by atomic mass is 10.0. The molecule has 1 fully saturated rings. The Balaban J connectivity index is 1.88. The van der Waals surface area contributed by atoms with E-state index in [9.17, 15) is 18.0 Å². The molecule has 1 saturated heterocycles. The predicted octanol–water partition coefficient (Wildman–Crippen LogP) is 2.30. The number of amides is 2. The normalized spacial score (nSPS) is 19.2. The number of nitrogens with zero attached hydrogens (tertiary/aromatic N) is 2. The summed E-state index contributed by atoms with van der Waals surface area (Å²) in [6.07, 6.45) is 3.34. The summed E-state index contributed by atoms with van der Waals surface area (Å²) in [6, 6.07) is 4.93. The minimum absolute atomic E-state index is 0.0103. The Morgan fingerprint density at radius 2 is 1.90 bits per heavy atom. The van der Waals surface area contributed by atoms with E-state index < -0.39 is 10.0 Å². The Bertz CT molecular complexity index is 874. The zero-order valence-electron chi connectivity index (χ0n) is 17.5. The zero-order chi connectivity index (χ0) is 21.2. The van der Waals surface area contributed by atoms with Gasteiger partial charge in [-0.15, -0.1) is 0 Å². The monoisotopic (exact) mass is 421 g/mol. The molecular weight excluding hydrogens is 390 g/mol. The third-order valence-electron chi connectivity index (χ3n) is 5.61. The number of rotatable bonds is 5. The molecule has 2 aliphatic heterocycles. The molecular formula is C21H31N3O4S. The molecule has 0 bridgehead atoms. The van der Waals surface area contributed by atoms with Gasteiger partial charge in [-0.2, -0.15) is 4.31 Å². The van der Waals surface area contributed by atoms with E-state index in [2.05, 4.69) is 12.2 Å². The van der Waals surface area contributed by atoms with Crippen LogP contribution in [-0.2, 0) is 26.0 Å². The number of aryl methyl sites for hydroxylation is 1. The number of hydrogen-bond donors (Lipinski definition) is 1. The van der Waals surface area contributed by atoms with Crippen LogP contribution in [-0.4, -0.2) is 50.2 Å². The highest BCUT2D eigenvalue weighted by Gasteiger charge is 2.30. The van der Waals surface area contributed by atoms with Gasteiger partial charge in [0, 0.05) is 31.2 Å². The molecule has 0 saturated carbocycles. The SMILES string of the molecule is CC1CCN(S(=O)(=O)c2ccc3c(c2)CCCC(=O)N3CC(=O)NC(C)C)CC1. The minimum Gasteiger partial charge on any atom is -0.352 e. The Kier molecular flexibility index (Phi) is 6.63. The smallest absolute Gasteiger partial charge is 0.243 e. The predicted molar refractivity (Wildman–Crippen MR) is 112 cm³/mol. The summed E-state index contributed by atoms with van der Waals surface area (Å²) in [7, 11) is -3.55. The van der Waals surface area contributed by atoms with Gasteiger partial charge >= 0.3 is 0 Å². The maximum atomic E-state index is 13.1. The number of fused-ring (bicyclic) bond motifs is 1. The number of piperidine rings is 1. The third-order valence-corrected chi connectivity index (χ3v) is 7.51. The van der Waals surface area contributed by atoms with Gasteiger partial charge in [0.15, 0.2) is 0 Å². The van der Waals surface area contributed by atoms with E-state index in [1.165, 1.54) is 4.90 Å². The number of benzene rings is 1. The van der Waals surface area contributed by atoms with Crippen LogP contribution in [0.3, 0.4) is 0 Å². The number of carbonyl (C=O) groups is 2. The Labute approximate surface area is 173 Å². The Morgan fingerprint density at radius 3 is 2.55 bits per heavy atom. The van der Waals surface area contributed by atoms with Gasteiger partial charge in [0.2, 0.25) is 21.8 Å². The number of hydrogen-bond acceptors (Lipinski definition) is 4. The first-order chi connectivity index (χ1) is 13.7. The first-order valence-electron chi connectivity index (χ1n) is 10.4. The van der Waals surface area contributed by atoms with Crippen LogP contribution in [0.1, 0.15) is 52.0 Å². The molecule has 8 heteroatoms. The van der Waals surface area contributed by atoms with Crippen LogP contribution in [0, 0.1) is 5.92 Å². The van der Waals surface area contributed by atoms with Crippen LogP contribution >= 0.6 is 0 Å². The number of anilines is 1.